The van der Waals surface area contributed by atoms with Gasteiger partial charge in [-0.3, -0.25) is 9.59 Å². The first kappa shape index (κ1) is 23.2. The minimum atomic E-state index is -1.56. The van der Waals surface area contributed by atoms with Gasteiger partial charge in [0.1, 0.15) is 11.6 Å². The van der Waals surface area contributed by atoms with Crippen LogP contribution in [0.25, 0.3) is 11.1 Å². The summed E-state index contributed by atoms with van der Waals surface area (Å²) in [4.78, 5) is 25.2. The molecule has 0 bridgehead atoms. The minimum Gasteiger partial charge on any atom is -0.481 e. The number of nitrogens with zero attached hydrogens (tertiary/aromatic N) is 2. The number of benzene rings is 2. The van der Waals surface area contributed by atoms with E-state index in [2.05, 4.69) is 16.9 Å². The Morgan fingerprint density at radius 3 is 2.31 bits per heavy atom. The maximum atomic E-state index is 15.2. The van der Waals surface area contributed by atoms with Crippen LogP contribution >= 0.6 is 11.6 Å². The number of carbonyl (C=O) groups is 1. The van der Waals surface area contributed by atoms with Crippen molar-refractivity contribution in [2.24, 2.45) is 7.05 Å². The fourth-order valence-electron chi connectivity index (χ4n) is 3.46. The van der Waals surface area contributed by atoms with Crippen LogP contribution in [0.3, 0.4) is 0 Å². The molecule has 0 amide bonds. The van der Waals surface area contributed by atoms with Gasteiger partial charge in [0.15, 0.2) is 0 Å². The quantitative estimate of drug-likeness (QED) is 0.591. The maximum absolute atomic E-state index is 15.2. The number of rotatable bonds is 3. The molecule has 164 valence electrons. The van der Waals surface area contributed by atoms with Gasteiger partial charge in [-0.25, -0.2) is 13.5 Å². The first-order chi connectivity index (χ1) is 14.9. The molecule has 1 N–H and O–H groups in total. The van der Waals surface area contributed by atoms with E-state index in [1.54, 1.807) is 6.92 Å². The SMILES string of the molecule is Cc1nn(C)c(=O)c(-c2c(F)ccc(Cl)c2C#Cc2ccc(F)cc2)c1C(C)(C)C(=O)O. The average molecular weight is 457 g/mol. The van der Waals surface area contributed by atoms with Gasteiger partial charge in [-0.05, 0) is 57.2 Å². The summed E-state index contributed by atoms with van der Waals surface area (Å²) < 4.78 is 29.4. The Morgan fingerprint density at radius 1 is 1.09 bits per heavy atom. The molecular weight excluding hydrogens is 438 g/mol. The molecule has 3 aromatic rings. The van der Waals surface area contributed by atoms with Gasteiger partial charge in [-0.1, -0.05) is 23.4 Å². The molecule has 0 fully saturated rings. The van der Waals surface area contributed by atoms with Crippen LogP contribution in [-0.2, 0) is 17.3 Å². The normalized spacial score (nSPS) is 11.1. The van der Waals surface area contributed by atoms with E-state index in [4.69, 9.17) is 11.6 Å². The number of aryl methyl sites for hydroxylation is 2. The van der Waals surface area contributed by atoms with Gasteiger partial charge in [0, 0.05) is 23.7 Å². The highest BCUT2D eigenvalue weighted by Gasteiger charge is 2.37. The van der Waals surface area contributed by atoms with Gasteiger partial charge in [-0.2, -0.15) is 5.10 Å². The first-order valence-corrected chi connectivity index (χ1v) is 9.90. The summed E-state index contributed by atoms with van der Waals surface area (Å²) in [5.41, 5.74) is -1.84. The van der Waals surface area contributed by atoms with Crippen molar-refractivity contribution in [2.45, 2.75) is 26.2 Å². The summed E-state index contributed by atoms with van der Waals surface area (Å²) in [6.07, 6.45) is 0. The summed E-state index contributed by atoms with van der Waals surface area (Å²) in [7, 11) is 1.39. The lowest BCUT2D eigenvalue weighted by molar-refractivity contribution is -0.142. The Balaban J connectivity index is 2.43. The third-order valence-corrected chi connectivity index (χ3v) is 5.42. The van der Waals surface area contributed by atoms with Crippen molar-refractivity contribution in [1.29, 1.82) is 0 Å². The van der Waals surface area contributed by atoms with Crippen molar-refractivity contribution >= 4 is 17.6 Å². The van der Waals surface area contributed by atoms with Crippen molar-refractivity contribution < 1.29 is 18.7 Å². The van der Waals surface area contributed by atoms with E-state index in [0.717, 1.165) is 10.7 Å². The van der Waals surface area contributed by atoms with Crippen molar-refractivity contribution in [3.8, 4) is 23.0 Å². The molecule has 1 aromatic heterocycles. The van der Waals surface area contributed by atoms with Crippen molar-refractivity contribution in [2.75, 3.05) is 0 Å². The third kappa shape index (κ3) is 4.14. The molecule has 0 aliphatic carbocycles. The molecule has 0 spiro atoms. The molecule has 0 saturated heterocycles. The second kappa shape index (κ2) is 8.56. The number of aliphatic carboxylic acids is 1. The topological polar surface area (TPSA) is 72.2 Å². The standard InChI is InChI=1S/C24H19ClF2N2O3/c1-13-21(24(2,3)23(31)32)20(22(30)29(4)28-13)19-16(17(25)11-12-18(19)27)10-7-14-5-8-15(26)9-6-14/h5-6,8-9,11-12H,1-4H3,(H,31,32). The molecule has 0 aliphatic heterocycles. The lowest BCUT2D eigenvalue weighted by Gasteiger charge is -2.25. The van der Waals surface area contributed by atoms with Gasteiger partial charge in [0.25, 0.3) is 5.56 Å². The lowest BCUT2D eigenvalue weighted by atomic mass is 9.79. The summed E-state index contributed by atoms with van der Waals surface area (Å²) in [6.45, 7) is 4.37. The molecule has 0 radical (unpaired) electrons. The minimum absolute atomic E-state index is 0.0149. The van der Waals surface area contributed by atoms with Gasteiger partial charge >= 0.3 is 5.97 Å². The highest BCUT2D eigenvalue weighted by molar-refractivity contribution is 6.32. The molecule has 0 unspecified atom stereocenters. The first-order valence-electron chi connectivity index (χ1n) is 9.53. The highest BCUT2D eigenvalue weighted by Crippen LogP contribution is 2.37. The van der Waals surface area contributed by atoms with Crippen LogP contribution in [0.5, 0.6) is 0 Å². The van der Waals surface area contributed by atoms with Gasteiger partial charge in [0.2, 0.25) is 0 Å². The number of hydrogen-bond donors (Lipinski definition) is 1. The number of carboxylic acids is 1. The van der Waals surface area contributed by atoms with Crippen LogP contribution in [0.2, 0.25) is 5.02 Å². The predicted molar refractivity (Wildman–Crippen MR) is 118 cm³/mol. The Bertz CT molecular complexity index is 1350. The van der Waals surface area contributed by atoms with E-state index >= 15 is 4.39 Å². The lowest BCUT2D eigenvalue weighted by Crippen LogP contribution is -2.35. The zero-order chi connectivity index (χ0) is 23.8. The Kier molecular flexibility index (Phi) is 6.20. The number of carboxylic acid groups (broad SMARTS) is 1. The zero-order valence-corrected chi connectivity index (χ0v) is 18.5. The van der Waals surface area contributed by atoms with Crippen LogP contribution < -0.4 is 5.56 Å². The monoisotopic (exact) mass is 456 g/mol. The molecule has 0 aliphatic rings. The van der Waals surface area contributed by atoms with E-state index in [1.165, 1.54) is 51.2 Å². The third-order valence-electron chi connectivity index (χ3n) is 5.11. The Hall–Kier alpha value is -3.50. The zero-order valence-electron chi connectivity index (χ0n) is 17.8. The summed E-state index contributed by atoms with van der Waals surface area (Å²) in [5.74, 6) is 3.12. The molecule has 0 atom stereocenters. The molecule has 0 saturated carbocycles. The van der Waals surface area contributed by atoms with E-state index in [1.807, 2.05) is 0 Å². The molecule has 8 heteroatoms. The van der Waals surface area contributed by atoms with E-state index in [0.29, 0.717) is 5.56 Å². The smallest absolute Gasteiger partial charge is 0.313 e. The van der Waals surface area contributed by atoms with Crippen LogP contribution in [0.1, 0.15) is 36.2 Å². The molecule has 2 aromatic carbocycles. The molecule has 32 heavy (non-hydrogen) atoms. The molecule has 5 nitrogen and oxygen atoms in total. The number of aromatic nitrogens is 2. The largest absolute Gasteiger partial charge is 0.481 e. The van der Waals surface area contributed by atoms with Crippen LogP contribution in [0.4, 0.5) is 8.78 Å². The van der Waals surface area contributed by atoms with Gasteiger partial charge in [0.05, 0.1) is 27.3 Å². The molecule has 3 rings (SSSR count). The number of halogens is 3. The van der Waals surface area contributed by atoms with E-state index < -0.39 is 28.6 Å². The molecular formula is C24H19ClF2N2O3. The van der Waals surface area contributed by atoms with Crippen LogP contribution in [-0.4, -0.2) is 20.9 Å². The highest BCUT2D eigenvalue weighted by atomic mass is 35.5. The fraction of sp³-hybridized carbons (Fsp3) is 0.208. The molecule has 1 heterocycles. The summed E-state index contributed by atoms with van der Waals surface area (Å²) >= 11 is 6.33. The van der Waals surface area contributed by atoms with Crippen molar-refractivity contribution in [3.63, 3.8) is 0 Å². The van der Waals surface area contributed by atoms with Crippen LogP contribution in [0.15, 0.2) is 41.2 Å². The van der Waals surface area contributed by atoms with Crippen LogP contribution in [0, 0.1) is 30.4 Å². The summed E-state index contributed by atoms with van der Waals surface area (Å²) in [6, 6.07) is 7.75. The van der Waals surface area contributed by atoms with Gasteiger partial charge in [-0.15, -0.1) is 0 Å². The Morgan fingerprint density at radius 2 is 1.72 bits per heavy atom. The van der Waals surface area contributed by atoms with E-state index in [-0.39, 0.29) is 33.0 Å². The predicted octanol–water partition coefficient (Wildman–Crippen LogP) is 4.45. The second-order valence-corrected chi connectivity index (χ2v) is 8.14. The van der Waals surface area contributed by atoms with Crippen molar-refractivity contribution in [1.82, 2.24) is 9.78 Å². The van der Waals surface area contributed by atoms with E-state index in [9.17, 15) is 19.1 Å². The van der Waals surface area contributed by atoms with Crippen molar-refractivity contribution in [3.05, 3.63) is 85.8 Å². The van der Waals surface area contributed by atoms with Gasteiger partial charge < -0.3 is 5.11 Å². The summed E-state index contributed by atoms with van der Waals surface area (Å²) in [5, 5.41) is 14.0. The fourth-order valence-corrected chi connectivity index (χ4v) is 3.66. The second-order valence-electron chi connectivity index (χ2n) is 7.73. The maximum Gasteiger partial charge on any atom is 0.313 e. The average Bonchev–Trinajstić information content (AvgIpc) is 2.72. The number of hydrogen-bond acceptors (Lipinski definition) is 3. The Labute approximate surface area is 188 Å².